The van der Waals surface area contributed by atoms with Crippen LogP contribution in [0, 0.1) is 5.82 Å². The predicted molar refractivity (Wildman–Crippen MR) is 33.1 cm³/mol. The maximum atomic E-state index is 11.9. The highest BCUT2D eigenvalue weighted by molar-refractivity contribution is 5.02. The fourth-order valence-electron chi connectivity index (χ4n) is 0.415. The molecule has 0 saturated heterocycles. The second-order valence-electron chi connectivity index (χ2n) is 1.30. The SMILES string of the molecule is C.Fc1ccccc1. The fourth-order valence-corrected chi connectivity index (χ4v) is 0.415. The first-order valence-corrected chi connectivity index (χ1v) is 2.10. The van der Waals surface area contributed by atoms with Gasteiger partial charge in [-0.25, -0.2) is 4.39 Å². The maximum absolute atomic E-state index is 11.9. The molecule has 0 nitrogen and oxygen atoms in total. The molecule has 1 rings (SSSR count). The van der Waals surface area contributed by atoms with E-state index in [1.165, 1.54) is 12.1 Å². The molecule has 0 unspecified atom stereocenters. The Balaban J connectivity index is 0.000000490. The highest BCUT2D eigenvalue weighted by Crippen LogP contribution is 1.91. The van der Waals surface area contributed by atoms with Gasteiger partial charge in [-0.15, -0.1) is 0 Å². The van der Waals surface area contributed by atoms with Crippen LogP contribution in [-0.2, 0) is 0 Å². The van der Waals surface area contributed by atoms with Crippen molar-refractivity contribution < 1.29 is 4.39 Å². The number of benzene rings is 1. The minimum atomic E-state index is -0.178. The van der Waals surface area contributed by atoms with Gasteiger partial charge in [0.1, 0.15) is 5.82 Å². The van der Waals surface area contributed by atoms with Crippen molar-refractivity contribution in [2.45, 2.75) is 7.43 Å². The molecule has 0 radical (unpaired) electrons. The minimum Gasteiger partial charge on any atom is -0.207 e. The average Bonchev–Trinajstić information content (AvgIpc) is 1.69. The average molecular weight is 112 g/mol. The molecule has 0 bridgehead atoms. The Labute approximate surface area is 49.0 Å². The molecule has 0 heterocycles. The van der Waals surface area contributed by atoms with E-state index in [-0.39, 0.29) is 13.2 Å². The number of hydrogen-bond donors (Lipinski definition) is 0. The van der Waals surface area contributed by atoms with Crippen molar-refractivity contribution in [1.82, 2.24) is 0 Å². The largest absolute Gasteiger partial charge is 0.207 e. The van der Waals surface area contributed by atoms with Crippen LogP contribution < -0.4 is 0 Å². The van der Waals surface area contributed by atoms with Crippen LogP contribution in [0.4, 0.5) is 4.39 Å². The van der Waals surface area contributed by atoms with Crippen LogP contribution in [0.2, 0.25) is 0 Å². The molecule has 0 aromatic heterocycles. The van der Waals surface area contributed by atoms with E-state index in [9.17, 15) is 4.39 Å². The molecular formula is C7H9F. The third kappa shape index (κ3) is 1.73. The molecule has 1 heteroatoms. The van der Waals surface area contributed by atoms with Crippen LogP contribution >= 0.6 is 0 Å². The first-order chi connectivity index (χ1) is 3.39. The minimum absolute atomic E-state index is 0. The molecule has 0 aliphatic rings. The third-order valence-electron chi connectivity index (χ3n) is 0.733. The van der Waals surface area contributed by atoms with Gasteiger partial charge in [0, 0.05) is 0 Å². The summed E-state index contributed by atoms with van der Waals surface area (Å²) in [5, 5.41) is 0. The zero-order chi connectivity index (χ0) is 5.11. The number of halogens is 1. The lowest BCUT2D eigenvalue weighted by atomic mass is 10.4. The maximum Gasteiger partial charge on any atom is 0.123 e. The Hall–Kier alpha value is -0.850. The van der Waals surface area contributed by atoms with Crippen LogP contribution in [0.15, 0.2) is 30.3 Å². The monoisotopic (exact) mass is 112 g/mol. The molecule has 8 heavy (non-hydrogen) atoms. The number of hydrogen-bond acceptors (Lipinski definition) is 0. The molecule has 0 amide bonds. The Bertz CT molecular complexity index is 134. The van der Waals surface area contributed by atoms with Crippen molar-refractivity contribution in [3.8, 4) is 0 Å². The van der Waals surface area contributed by atoms with Crippen LogP contribution in [-0.4, -0.2) is 0 Å². The normalized spacial score (nSPS) is 7.62. The van der Waals surface area contributed by atoms with E-state index >= 15 is 0 Å². The Kier molecular flexibility index (Phi) is 2.85. The highest BCUT2D eigenvalue weighted by atomic mass is 19.1. The van der Waals surface area contributed by atoms with Crippen molar-refractivity contribution in [3.05, 3.63) is 36.1 Å². The molecule has 0 N–H and O–H groups in total. The Morgan fingerprint density at radius 3 is 1.75 bits per heavy atom. The summed E-state index contributed by atoms with van der Waals surface area (Å²) in [4.78, 5) is 0. The van der Waals surface area contributed by atoms with Gasteiger partial charge in [0.25, 0.3) is 0 Å². The molecule has 1 aromatic carbocycles. The van der Waals surface area contributed by atoms with Gasteiger partial charge >= 0.3 is 0 Å². The summed E-state index contributed by atoms with van der Waals surface area (Å²) in [6, 6.07) is 7.94. The zero-order valence-electron chi connectivity index (χ0n) is 3.76. The topological polar surface area (TPSA) is 0 Å². The summed E-state index contributed by atoms with van der Waals surface area (Å²) in [6.07, 6.45) is 0. The lowest BCUT2D eigenvalue weighted by Crippen LogP contribution is -1.63. The summed E-state index contributed by atoms with van der Waals surface area (Å²) in [7, 11) is 0. The second kappa shape index (κ2) is 3.19. The third-order valence-corrected chi connectivity index (χ3v) is 0.733. The molecule has 0 spiro atoms. The summed E-state index contributed by atoms with van der Waals surface area (Å²) in [6.45, 7) is 0. The van der Waals surface area contributed by atoms with Crippen molar-refractivity contribution in [1.29, 1.82) is 0 Å². The smallest absolute Gasteiger partial charge is 0.123 e. The molecule has 0 saturated carbocycles. The fraction of sp³-hybridized carbons (Fsp3) is 0.143. The van der Waals surface area contributed by atoms with Crippen LogP contribution in [0.5, 0.6) is 0 Å². The first kappa shape index (κ1) is 7.15. The van der Waals surface area contributed by atoms with E-state index < -0.39 is 0 Å². The van der Waals surface area contributed by atoms with Crippen molar-refractivity contribution in [2.75, 3.05) is 0 Å². The Morgan fingerprint density at radius 1 is 1.00 bits per heavy atom. The van der Waals surface area contributed by atoms with Crippen LogP contribution in [0.25, 0.3) is 0 Å². The van der Waals surface area contributed by atoms with Crippen LogP contribution in [0.1, 0.15) is 7.43 Å². The summed E-state index contributed by atoms with van der Waals surface area (Å²) < 4.78 is 11.9. The summed E-state index contributed by atoms with van der Waals surface area (Å²) >= 11 is 0. The van der Waals surface area contributed by atoms with Gasteiger partial charge in [-0.3, -0.25) is 0 Å². The van der Waals surface area contributed by atoms with Gasteiger partial charge in [-0.05, 0) is 12.1 Å². The molecule has 0 aliphatic heterocycles. The van der Waals surface area contributed by atoms with E-state index in [1.54, 1.807) is 18.2 Å². The van der Waals surface area contributed by atoms with Gasteiger partial charge < -0.3 is 0 Å². The Morgan fingerprint density at radius 2 is 1.50 bits per heavy atom. The quantitative estimate of drug-likeness (QED) is 0.483. The molecule has 0 atom stereocenters. The van der Waals surface area contributed by atoms with Crippen molar-refractivity contribution in [2.24, 2.45) is 0 Å². The van der Waals surface area contributed by atoms with Crippen molar-refractivity contribution >= 4 is 0 Å². The summed E-state index contributed by atoms with van der Waals surface area (Å²) in [5.74, 6) is -0.178. The van der Waals surface area contributed by atoms with Gasteiger partial charge in [-0.1, -0.05) is 25.6 Å². The molecule has 1 aromatic rings. The predicted octanol–water partition coefficient (Wildman–Crippen LogP) is 2.46. The van der Waals surface area contributed by atoms with Gasteiger partial charge in [0.15, 0.2) is 0 Å². The second-order valence-corrected chi connectivity index (χ2v) is 1.30. The van der Waals surface area contributed by atoms with Crippen LogP contribution in [0.3, 0.4) is 0 Å². The van der Waals surface area contributed by atoms with Gasteiger partial charge in [-0.2, -0.15) is 0 Å². The van der Waals surface area contributed by atoms with Gasteiger partial charge in [0.2, 0.25) is 0 Å². The molecular weight excluding hydrogens is 103 g/mol. The van der Waals surface area contributed by atoms with E-state index in [4.69, 9.17) is 0 Å². The first-order valence-electron chi connectivity index (χ1n) is 2.10. The number of rotatable bonds is 0. The van der Waals surface area contributed by atoms with E-state index in [2.05, 4.69) is 0 Å². The standard InChI is InChI=1S/C6H5F.CH4/c7-6-4-2-1-3-5-6;/h1-5H;1H4. The van der Waals surface area contributed by atoms with Crippen molar-refractivity contribution in [3.63, 3.8) is 0 Å². The molecule has 44 valence electrons. The van der Waals surface area contributed by atoms with Gasteiger partial charge in [0.05, 0.1) is 0 Å². The highest BCUT2D eigenvalue weighted by Gasteiger charge is 1.77. The summed E-state index contributed by atoms with van der Waals surface area (Å²) in [5.41, 5.74) is 0. The molecule has 0 fully saturated rings. The molecule has 0 aliphatic carbocycles. The zero-order valence-corrected chi connectivity index (χ0v) is 3.76. The van der Waals surface area contributed by atoms with E-state index in [1.807, 2.05) is 0 Å². The van der Waals surface area contributed by atoms with E-state index in [0.29, 0.717) is 0 Å². The lowest BCUT2D eigenvalue weighted by Gasteiger charge is -1.78. The lowest BCUT2D eigenvalue weighted by molar-refractivity contribution is 0.628. The van der Waals surface area contributed by atoms with E-state index in [0.717, 1.165) is 0 Å².